The van der Waals surface area contributed by atoms with E-state index in [1.807, 2.05) is 0 Å². The number of hydrogen-bond donors (Lipinski definition) is 0. The van der Waals surface area contributed by atoms with Gasteiger partial charge < -0.3 is 0 Å². The first-order chi connectivity index (χ1) is 5.59. The third-order valence-electron chi connectivity index (χ3n) is 2.89. The minimum Gasteiger partial charge on any atom is -0.0999 e. The fourth-order valence-corrected chi connectivity index (χ4v) is 1.45. The first-order valence-corrected chi connectivity index (χ1v) is 5.25. The molecule has 0 saturated heterocycles. The molecule has 0 aliphatic heterocycles. The fraction of sp³-hybridized carbons (Fsp3) is 0.833. The molecular weight excluding hydrogens is 144 g/mol. The Labute approximate surface area is 78.1 Å². The minimum atomic E-state index is 0.696. The second kappa shape index (κ2) is 6.28. The Morgan fingerprint density at radius 1 is 1.25 bits per heavy atom. The van der Waals surface area contributed by atoms with E-state index in [1.54, 1.807) is 0 Å². The molecule has 2 atom stereocenters. The summed E-state index contributed by atoms with van der Waals surface area (Å²) in [4.78, 5) is 0. The summed E-state index contributed by atoms with van der Waals surface area (Å²) in [7, 11) is 0. The summed E-state index contributed by atoms with van der Waals surface area (Å²) in [5, 5.41) is 0. The highest BCUT2D eigenvalue weighted by Crippen LogP contribution is 2.23. The molecule has 0 aromatic heterocycles. The Hall–Kier alpha value is -0.260. The maximum atomic E-state index is 4.00. The van der Waals surface area contributed by atoms with E-state index in [4.69, 9.17) is 0 Å². The first kappa shape index (κ1) is 11.7. The van der Waals surface area contributed by atoms with Crippen molar-refractivity contribution in [3.05, 3.63) is 12.2 Å². The van der Waals surface area contributed by atoms with E-state index >= 15 is 0 Å². The smallest absolute Gasteiger partial charge is 0.0211 e. The molecule has 0 radical (unpaired) electrons. The van der Waals surface area contributed by atoms with Crippen LogP contribution in [0.2, 0.25) is 0 Å². The van der Waals surface area contributed by atoms with Crippen molar-refractivity contribution in [1.82, 2.24) is 0 Å². The Bertz CT molecular complexity index is 124. The second-order valence-electron chi connectivity index (χ2n) is 4.11. The van der Waals surface area contributed by atoms with Gasteiger partial charge in [0.15, 0.2) is 0 Å². The fourth-order valence-electron chi connectivity index (χ4n) is 1.45. The minimum absolute atomic E-state index is 0.696. The molecule has 0 aliphatic carbocycles. The van der Waals surface area contributed by atoms with Crippen LogP contribution < -0.4 is 0 Å². The van der Waals surface area contributed by atoms with E-state index in [0.29, 0.717) is 5.92 Å². The highest BCUT2D eigenvalue weighted by atomic mass is 14.2. The largest absolute Gasteiger partial charge is 0.0999 e. The molecule has 72 valence electrons. The van der Waals surface area contributed by atoms with Crippen molar-refractivity contribution in [2.24, 2.45) is 11.8 Å². The molecule has 0 nitrogen and oxygen atoms in total. The molecule has 0 bridgehead atoms. The van der Waals surface area contributed by atoms with E-state index < -0.39 is 0 Å². The summed E-state index contributed by atoms with van der Waals surface area (Å²) < 4.78 is 0. The Morgan fingerprint density at radius 3 is 2.25 bits per heavy atom. The quantitative estimate of drug-likeness (QED) is 0.407. The summed E-state index contributed by atoms with van der Waals surface area (Å²) in [6, 6.07) is 0. The van der Waals surface area contributed by atoms with Gasteiger partial charge in [-0.3, -0.25) is 0 Å². The SMILES string of the molecule is C=C(C)C(C)C(C)CCCCC. The van der Waals surface area contributed by atoms with Gasteiger partial charge in [0.25, 0.3) is 0 Å². The van der Waals surface area contributed by atoms with Gasteiger partial charge in [-0.1, -0.05) is 58.6 Å². The predicted octanol–water partition coefficient (Wildman–Crippen LogP) is 4.42. The van der Waals surface area contributed by atoms with Crippen molar-refractivity contribution < 1.29 is 0 Å². The molecule has 0 rings (SSSR count). The van der Waals surface area contributed by atoms with Crippen LogP contribution >= 0.6 is 0 Å². The lowest BCUT2D eigenvalue weighted by molar-refractivity contribution is 0.394. The molecule has 0 N–H and O–H groups in total. The predicted molar refractivity (Wildman–Crippen MR) is 57.3 cm³/mol. The standard InChI is InChI=1S/C12H24/c1-6-7-8-9-11(4)12(5)10(2)3/h11-12H,2,6-9H2,1,3-5H3. The molecule has 0 amide bonds. The molecular formula is C12H24. The van der Waals surface area contributed by atoms with Crippen molar-refractivity contribution in [3.63, 3.8) is 0 Å². The van der Waals surface area contributed by atoms with Crippen LogP contribution in [0.15, 0.2) is 12.2 Å². The first-order valence-electron chi connectivity index (χ1n) is 5.25. The summed E-state index contributed by atoms with van der Waals surface area (Å²) in [5.74, 6) is 1.51. The summed E-state index contributed by atoms with van der Waals surface area (Å²) in [6.07, 6.45) is 5.46. The zero-order valence-electron chi connectivity index (χ0n) is 9.19. The normalized spacial score (nSPS) is 15.7. The number of rotatable bonds is 6. The lowest BCUT2D eigenvalue weighted by Crippen LogP contribution is -2.08. The summed E-state index contributed by atoms with van der Waals surface area (Å²) in [5.41, 5.74) is 1.33. The van der Waals surface area contributed by atoms with Crippen LogP contribution in [0.3, 0.4) is 0 Å². The highest BCUT2D eigenvalue weighted by molar-refractivity contribution is 4.95. The van der Waals surface area contributed by atoms with Gasteiger partial charge in [0.2, 0.25) is 0 Å². The molecule has 0 aromatic rings. The zero-order chi connectivity index (χ0) is 9.56. The average Bonchev–Trinajstić information content (AvgIpc) is 2.03. The van der Waals surface area contributed by atoms with Crippen LogP contribution in [0.25, 0.3) is 0 Å². The van der Waals surface area contributed by atoms with Gasteiger partial charge in [-0.25, -0.2) is 0 Å². The monoisotopic (exact) mass is 168 g/mol. The molecule has 0 saturated carbocycles. The van der Waals surface area contributed by atoms with Gasteiger partial charge in [-0.2, -0.15) is 0 Å². The second-order valence-corrected chi connectivity index (χ2v) is 4.11. The molecule has 2 unspecified atom stereocenters. The molecule has 12 heavy (non-hydrogen) atoms. The van der Waals surface area contributed by atoms with Crippen LogP contribution in [0.5, 0.6) is 0 Å². The summed E-state index contributed by atoms with van der Waals surface area (Å²) in [6.45, 7) is 13.0. The van der Waals surface area contributed by atoms with Crippen molar-refractivity contribution >= 4 is 0 Å². The summed E-state index contributed by atoms with van der Waals surface area (Å²) >= 11 is 0. The molecule has 0 fully saturated rings. The lowest BCUT2D eigenvalue weighted by atomic mass is 9.86. The molecule has 0 heteroatoms. The Balaban J connectivity index is 3.56. The van der Waals surface area contributed by atoms with Gasteiger partial charge in [-0.15, -0.1) is 0 Å². The van der Waals surface area contributed by atoms with Crippen LogP contribution in [0, 0.1) is 11.8 Å². The van der Waals surface area contributed by atoms with Crippen molar-refractivity contribution in [1.29, 1.82) is 0 Å². The van der Waals surface area contributed by atoms with E-state index in [1.165, 1.54) is 31.3 Å². The topological polar surface area (TPSA) is 0 Å². The van der Waals surface area contributed by atoms with Crippen LogP contribution in [-0.4, -0.2) is 0 Å². The average molecular weight is 168 g/mol. The van der Waals surface area contributed by atoms with E-state index in [-0.39, 0.29) is 0 Å². The van der Waals surface area contributed by atoms with Crippen molar-refractivity contribution in [3.8, 4) is 0 Å². The third-order valence-corrected chi connectivity index (χ3v) is 2.89. The maximum absolute atomic E-state index is 4.00. The molecule has 0 heterocycles. The zero-order valence-corrected chi connectivity index (χ0v) is 9.19. The van der Waals surface area contributed by atoms with Gasteiger partial charge in [0.05, 0.1) is 0 Å². The molecule has 0 spiro atoms. The lowest BCUT2D eigenvalue weighted by Gasteiger charge is -2.19. The van der Waals surface area contributed by atoms with Crippen molar-refractivity contribution in [2.45, 2.75) is 53.4 Å². The van der Waals surface area contributed by atoms with Crippen molar-refractivity contribution in [2.75, 3.05) is 0 Å². The van der Waals surface area contributed by atoms with Crippen LogP contribution in [0.1, 0.15) is 53.4 Å². The Kier molecular flexibility index (Phi) is 6.14. The number of hydrogen-bond acceptors (Lipinski definition) is 0. The van der Waals surface area contributed by atoms with Gasteiger partial charge in [0, 0.05) is 0 Å². The Morgan fingerprint density at radius 2 is 1.83 bits per heavy atom. The number of allylic oxidation sites excluding steroid dienone is 1. The van der Waals surface area contributed by atoms with Gasteiger partial charge >= 0.3 is 0 Å². The van der Waals surface area contributed by atoms with Crippen LogP contribution in [0.4, 0.5) is 0 Å². The van der Waals surface area contributed by atoms with Gasteiger partial charge in [0.1, 0.15) is 0 Å². The number of unbranched alkanes of at least 4 members (excludes halogenated alkanes) is 2. The van der Waals surface area contributed by atoms with Crippen LogP contribution in [-0.2, 0) is 0 Å². The van der Waals surface area contributed by atoms with E-state index in [9.17, 15) is 0 Å². The molecule has 0 aromatic carbocycles. The third kappa shape index (κ3) is 4.58. The van der Waals surface area contributed by atoms with E-state index in [0.717, 1.165) is 5.92 Å². The molecule has 0 aliphatic rings. The van der Waals surface area contributed by atoms with E-state index in [2.05, 4.69) is 34.3 Å². The highest BCUT2D eigenvalue weighted by Gasteiger charge is 2.11. The maximum Gasteiger partial charge on any atom is -0.0211 e. The van der Waals surface area contributed by atoms with Gasteiger partial charge in [-0.05, 0) is 18.8 Å².